The highest BCUT2D eigenvalue weighted by Crippen LogP contribution is 2.19. The molecule has 0 unspecified atom stereocenters. The summed E-state index contributed by atoms with van der Waals surface area (Å²) >= 11 is 7.92. The van der Waals surface area contributed by atoms with E-state index in [0.717, 1.165) is 22.5 Å². The van der Waals surface area contributed by atoms with Crippen LogP contribution >= 0.6 is 28.6 Å². The topological polar surface area (TPSA) is 12.0 Å². The highest BCUT2D eigenvalue weighted by atomic mass is 79.9. The maximum absolute atomic E-state index is 4.44. The van der Waals surface area contributed by atoms with Crippen molar-refractivity contribution in [2.24, 2.45) is 0 Å². The Bertz CT molecular complexity index is 485. The lowest BCUT2D eigenvalue weighted by molar-refractivity contribution is 0.686. The van der Waals surface area contributed by atoms with Gasteiger partial charge in [-0.25, -0.2) is 0 Å². The molecule has 0 amide bonds. The molecule has 1 N–H and O–H groups in total. The van der Waals surface area contributed by atoms with Crippen molar-refractivity contribution in [1.29, 1.82) is 0 Å². The number of thiol groups is 1. The molecular formula is C14H14BrNS. The molecule has 0 fully saturated rings. The Labute approximate surface area is 116 Å². The number of halogens is 1. The molecule has 0 saturated carbocycles. The number of nitrogens with one attached hydrogen (secondary N) is 1. The van der Waals surface area contributed by atoms with Gasteiger partial charge in [0.25, 0.3) is 0 Å². The predicted octanol–water partition coefficient (Wildman–Crippen LogP) is 4.03. The van der Waals surface area contributed by atoms with Gasteiger partial charge < -0.3 is 5.32 Å². The molecule has 0 heterocycles. The van der Waals surface area contributed by atoms with Gasteiger partial charge in [0.05, 0.1) is 0 Å². The molecule has 2 aromatic carbocycles. The molecule has 1 nitrogen and oxygen atoms in total. The van der Waals surface area contributed by atoms with E-state index in [4.69, 9.17) is 0 Å². The Hall–Kier alpha value is -0.770. The van der Waals surface area contributed by atoms with Crippen LogP contribution in [0, 0.1) is 0 Å². The van der Waals surface area contributed by atoms with Crippen molar-refractivity contribution in [3.63, 3.8) is 0 Å². The first-order valence-corrected chi connectivity index (χ1v) is 6.72. The number of rotatable bonds is 4. The van der Waals surface area contributed by atoms with E-state index in [1.54, 1.807) is 0 Å². The summed E-state index contributed by atoms with van der Waals surface area (Å²) in [4.78, 5) is 1.02. The minimum atomic E-state index is 0.827. The van der Waals surface area contributed by atoms with E-state index in [1.165, 1.54) is 11.1 Å². The van der Waals surface area contributed by atoms with Crippen molar-refractivity contribution in [3.05, 3.63) is 64.1 Å². The van der Waals surface area contributed by atoms with Crippen molar-refractivity contribution < 1.29 is 0 Å². The van der Waals surface area contributed by atoms with Crippen LogP contribution in [0.1, 0.15) is 11.1 Å². The SMILES string of the molecule is Sc1ccc(Br)cc1CNCc1ccccc1. The van der Waals surface area contributed by atoms with Gasteiger partial charge in [-0.1, -0.05) is 46.3 Å². The minimum absolute atomic E-state index is 0.827. The van der Waals surface area contributed by atoms with Crippen LogP contribution in [0.3, 0.4) is 0 Å². The van der Waals surface area contributed by atoms with Crippen LogP contribution in [0.2, 0.25) is 0 Å². The van der Waals surface area contributed by atoms with E-state index in [-0.39, 0.29) is 0 Å². The highest BCUT2D eigenvalue weighted by Gasteiger charge is 1.99. The zero-order valence-corrected chi connectivity index (χ0v) is 11.8. The smallest absolute Gasteiger partial charge is 0.0220 e. The molecule has 0 atom stereocenters. The third-order valence-electron chi connectivity index (χ3n) is 2.53. The van der Waals surface area contributed by atoms with Crippen LogP contribution in [-0.4, -0.2) is 0 Å². The van der Waals surface area contributed by atoms with Crippen molar-refractivity contribution >= 4 is 28.6 Å². The molecule has 88 valence electrons. The fourth-order valence-corrected chi connectivity index (χ4v) is 2.26. The first-order valence-electron chi connectivity index (χ1n) is 5.48. The maximum Gasteiger partial charge on any atom is 0.0220 e. The maximum atomic E-state index is 4.44. The normalized spacial score (nSPS) is 10.5. The minimum Gasteiger partial charge on any atom is -0.309 e. The van der Waals surface area contributed by atoms with Gasteiger partial charge in [-0.3, -0.25) is 0 Å². The number of hydrogen-bond donors (Lipinski definition) is 2. The van der Waals surface area contributed by atoms with Gasteiger partial charge in [-0.15, -0.1) is 12.6 Å². The van der Waals surface area contributed by atoms with Crippen LogP contribution in [0.4, 0.5) is 0 Å². The zero-order chi connectivity index (χ0) is 12.1. The molecule has 17 heavy (non-hydrogen) atoms. The standard InChI is InChI=1S/C14H14BrNS/c15-13-6-7-14(17)12(8-13)10-16-9-11-4-2-1-3-5-11/h1-8,16-17H,9-10H2. The monoisotopic (exact) mass is 307 g/mol. The molecule has 2 rings (SSSR count). The van der Waals surface area contributed by atoms with E-state index < -0.39 is 0 Å². The Morgan fingerprint density at radius 1 is 1.00 bits per heavy atom. The van der Waals surface area contributed by atoms with Crippen LogP contribution in [0.5, 0.6) is 0 Å². The molecular weight excluding hydrogens is 294 g/mol. The Kier molecular flexibility index (Phi) is 4.66. The quantitative estimate of drug-likeness (QED) is 0.813. The Morgan fingerprint density at radius 2 is 1.76 bits per heavy atom. The van der Waals surface area contributed by atoms with Crippen LogP contribution < -0.4 is 5.32 Å². The molecule has 0 aliphatic heterocycles. The van der Waals surface area contributed by atoms with Gasteiger partial charge in [0.15, 0.2) is 0 Å². The van der Waals surface area contributed by atoms with Crippen LogP contribution in [0.25, 0.3) is 0 Å². The van der Waals surface area contributed by atoms with Gasteiger partial charge in [-0.2, -0.15) is 0 Å². The lowest BCUT2D eigenvalue weighted by Crippen LogP contribution is -2.12. The lowest BCUT2D eigenvalue weighted by atomic mass is 10.2. The van der Waals surface area contributed by atoms with E-state index in [9.17, 15) is 0 Å². The van der Waals surface area contributed by atoms with Gasteiger partial charge in [0.1, 0.15) is 0 Å². The highest BCUT2D eigenvalue weighted by molar-refractivity contribution is 9.10. The van der Waals surface area contributed by atoms with E-state index in [0.29, 0.717) is 0 Å². The summed E-state index contributed by atoms with van der Waals surface area (Å²) in [7, 11) is 0. The van der Waals surface area contributed by atoms with Crippen molar-refractivity contribution in [1.82, 2.24) is 5.32 Å². The molecule has 0 bridgehead atoms. The second kappa shape index (κ2) is 6.24. The van der Waals surface area contributed by atoms with E-state index in [1.807, 2.05) is 18.2 Å². The fourth-order valence-electron chi connectivity index (χ4n) is 1.63. The van der Waals surface area contributed by atoms with Gasteiger partial charge >= 0.3 is 0 Å². The summed E-state index contributed by atoms with van der Waals surface area (Å²) in [6.07, 6.45) is 0. The first-order chi connectivity index (χ1) is 8.25. The summed E-state index contributed by atoms with van der Waals surface area (Å²) in [6, 6.07) is 16.5. The average molecular weight is 308 g/mol. The summed E-state index contributed by atoms with van der Waals surface area (Å²) in [6.45, 7) is 1.70. The van der Waals surface area contributed by atoms with E-state index >= 15 is 0 Å². The molecule has 0 saturated heterocycles. The third-order valence-corrected chi connectivity index (χ3v) is 3.46. The molecule has 0 spiro atoms. The average Bonchev–Trinajstić information content (AvgIpc) is 2.35. The summed E-state index contributed by atoms with van der Waals surface area (Å²) in [5.74, 6) is 0. The molecule has 0 aliphatic carbocycles. The second-order valence-corrected chi connectivity index (χ2v) is 5.26. The second-order valence-electron chi connectivity index (χ2n) is 3.86. The molecule has 0 aliphatic rings. The molecule has 3 heteroatoms. The third kappa shape index (κ3) is 3.87. The number of hydrogen-bond acceptors (Lipinski definition) is 2. The fraction of sp³-hybridized carbons (Fsp3) is 0.143. The number of benzene rings is 2. The Morgan fingerprint density at radius 3 is 2.53 bits per heavy atom. The van der Waals surface area contributed by atoms with Crippen LogP contribution in [-0.2, 0) is 13.1 Å². The van der Waals surface area contributed by atoms with Crippen molar-refractivity contribution in [3.8, 4) is 0 Å². The molecule has 0 aromatic heterocycles. The summed E-state index contributed by atoms with van der Waals surface area (Å²) in [5.41, 5.74) is 2.50. The first kappa shape index (κ1) is 12.7. The van der Waals surface area contributed by atoms with Gasteiger partial charge in [0.2, 0.25) is 0 Å². The Balaban J connectivity index is 1.92. The summed E-state index contributed by atoms with van der Waals surface area (Å²) < 4.78 is 1.09. The lowest BCUT2D eigenvalue weighted by Gasteiger charge is -2.08. The zero-order valence-electron chi connectivity index (χ0n) is 9.36. The predicted molar refractivity (Wildman–Crippen MR) is 78.4 cm³/mol. The molecule has 2 aromatic rings. The van der Waals surface area contributed by atoms with Gasteiger partial charge in [0, 0.05) is 22.5 Å². The largest absolute Gasteiger partial charge is 0.309 e. The summed E-state index contributed by atoms with van der Waals surface area (Å²) in [5, 5.41) is 3.42. The van der Waals surface area contributed by atoms with Crippen molar-refractivity contribution in [2.75, 3.05) is 0 Å². The van der Waals surface area contributed by atoms with Crippen molar-refractivity contribution in [2.45, 2.75) is 18.0 Å². The van der Waals surface area contributed by atoms with Gasteiger partial charge in [-0.05, 0) is 29.3 Å². The van der Waals surface area contributed by atoms with Crippen LogP contribution in [0.15, 0.2) is 57.9 Å². The molecule has 0 radical (unpaired) electrons. The van der Waals surface area contributed by atoms with E-state index in [2.05, 4.69) is 64.2 Å².